The van der Waals surface area contributed by atoms with E-state index in [2.05, 4.69) is 18.2 Å². The lowest BCUT2D eigenvalue weighted by molar-refractivity contribution is 0.0459. The minimum atomic E-state index is -0.478. The zero-order valence-electron chi connectivity index (χ0n) is 7.38. The first kappa shape index (κ1) is 7.81. The van der Waals surface area contributed by atoms with E-state index in [9.17, 15) is 5.11 Å². The van der Waals surface area contributed by atoms with Gasteiger partial charge in [-0.3, -0.25) is 0 Å². The van der Waals surface area contributed by atoms with Crippen molar-refractivity contribution >= 4 is 0 Å². The average molecular weight is 162 g/mol. The van der Waals surface area contributed by atoms with Crippen LogP contribution in [0.1, 0.15) is 24.5 Å². The van der Waals surface area contributed by atoms with Gasteiger partial charge in [0.1, 0.15) is 0 Å². The quantitative estimate of drug-likeness (QED) is 0.618. The molecule has 0 aromatic heterocycles. The Morgan fingerprint density at radius 3 is 2.67 bits per heavy atom. The molecule has 0 heterocycles. The first-order valence-corrected chi connectivity index (χ1v) is 4.47. The van der Waals surface area contributed by atoms with Gasteiger partial charge < -0.3 is 5.11 Å². The summed E-state index contributed by atoms with van der Waals surface area (Å²) in [6.45, 7) is 1.92. The molecule has 2 rings (SSSR count). The Morgan fingerprint density at radius 1 is 1.25 bits per heavy atom. The van der Waals surface area contributed by atoms with Crippen molar-refractivity contribution in [1.29, 1.82) is 0 Å². The van der Waals surface area contributed by atoms with Gasteiger partial charge in [0.05, 0.1) is 5.60 Å². The molecule has 0 bridgehead atoms. The molecular formula is C11H14O. The molecule has 0 saturated heterocycles. The lowest BCUT2D eigenvalue weighted by atomic mass is 9.82. The number of aryl methyl sites for hydroxylation is 1. The van der Waals surface area contributed by atoms with E-state index in [0.717, 1.165) is 19.3 Å². The van der Waals surface area contributed by atoms with E-state index in [1.165, 1.54) is 11.1 Å². The largest absolute Gasteiger partial charge is 0.390 e. The van der Waals surface area contributed by atoms with Crippen LogP contribution in [0.25, 0.3) is 0 Å². The molecule has 0 aliphatic heterocycles. The Morgan fingerprint density at radius 2 is 1.92 bits per heavy atom. The summed E-state index contributed by atoms with van der Waals surface area (Å²) in [4.78, 5) is 0. The van der Waals surface area contributed by atoms with Crippen LogP contribution >= 0.6 is 0 Å². The molecule has 0 spiro atoms. The van der Waals surface area contributed by atoms with Crippen LogP contribution in [0.15, 0.2) is 24.3 Å². The zero-order valence-corrected chi connectivity index (χ0v) is 7.38. The van der Waals surface area contributed by atoms with Crippen LogP contribution in [0.3, 0.4) is 0 Å². The van der Waals surface area contributed by atoms with Crippen LogP contribution in [0, 0.1) is 0 Å². The maximum absolute atomic E-state index is 9.82. The molecule has 1 N–H and O–H groups in total. The molecule has 0 saturated carbocycles. The Hall–Kier alpha value is -0.820. The van der Waals surface area contributed by atoms with E-state index in [0.29, 0.717) is 0 Å². The van der Waals surface area contributed by atoms with Crippen LogP contribution in [0.2, 0.25) is 0 Å². The second kappa shape index (κ2) is 2.60. The third-order valence-electron chi connectivity index (χ3n) is 2.62. The lowest BCUT2D eigenvalue weighted by Gasteiger charge is -2.29. The monoisotopic (exact) mass is 162 g/mol. The highest BCUT2D eigenvalue weighted by Crippen LogP contribution is 2.27. The third-order valence-corrected chi connectivity index (χ3v) is 2.62. The SMILES string of the molecule is CC1(O)CCc2ccccc2C1. The van der Waals surface area contributed by atoms with Crippen LogP contribution < -0.4 is 0 Å². The first-order chi connectivity index (χ1) is 5.67. The van der Waals surface area contributed by atoms with Gasteiger partial charge in [-0.05, 0) is 30.9 Å². The molecule has 12 heavy (non-hydrogen) atoms. The van der Waals surface area contributed by atoms with Crippen molar-refractivity contribution in [2.75, 3.05) is 0 Å². The molecule has 1 aromatic rings. The fourth-order valence-electron chi connectivity index (χ4n) is 1.88. The second-order valence-corrected chi connectivity index (χ2v) is 3.94. The van der Waals surface area contributed by atoms with Gasteiger partial charge in [0.15, 0.2) is 0 Å². The van der Waals surface area contributed by atoms with Crippen molar-refractivity contribution in [3.05, 3.63) is 35.4 Å². The van der Waals surface area contributed by atoms with E-state index < -0.39 is 5.60 Å². The van der Waals surface area contributed by atoms with Crippen molar-refractivity contribution in [2.24, 2.45) is 0 Å². The molecule has 1 atom stereocenters. The molecule has 0 radical (unpaired) electrons. The van der Waals surface area contributed by atoms with E-state index in [1.54, 1.807) is 0 Å². The average Bonchev–Trinajstić information content (AvgIpc) is 2.02. The third kappa shape index (κ3) is 1.37. The van der Waals surface area contributed by atoms with Crippen LogP contribution in [0.4, 0.5) is 0 Å². The van der Waals surface area contributed by atoms with Gasteiger partial charge in [0.25, 0.3) is 0 Å². The van der Waals surface area contributed by atoms with Gasteiger partial charge in [-0.15, -0.1) is 0 Å². The zero-order chi connectivity index (χ0) is 8.60. The second-order valence-electron chi connectivity index (χ2n) is 3.94. The van der Waals surface area contributed by atoms with Crippen LogP contribution in [-0.2, 0) is 12.8 Å². The summed E-state index contributed by atoms with van der Waals surface area (Å²) in [6.07, 6.45) is 2.72. The highest BCUT2D eigenvalue weighted by Gasteiger charge is 2.26. The normalized spacial score (nSPS) is 28.2. The molecule has 1 nitrogen and oxygen atoms in total. The summed E-state index contributed by atoms with van der Waals surface area (Å²) in [5.41, 5.74) is 2.24. The number of fused-ring (bicyclic) bond motifs is 1. The summed E-state index contributed by atoms with van der Waals surface area (Å²) in [7, 11) is 0. The lowest BCUT2D eigenvalue weighted by Crippen LogP contribution is -2.31. The topological polar surface area (TPSA) is 20.2 Å². The molecule has 0 amide bonds. The molecule has 1 unspecified atom stereocenters. The molecule has 1 aliphatic carbocycles. The fourth-order valence-corrected chi connectivity index (χ4v) is 1.88. The highest BCUT2D eigenvalue weighted by atomic mass is 16.3. The summed E-state index contributed by atoms with van der Waals surface area (Å²) < 4.78 is 0. The van der Waals surface area contributed by atoms with Gasteiger partial charge in [0.2, 0.25) is 0 Å². The molecule has 64 valence electrons. The van der Waals surface area contributed by atoms with E-state index in [-0.39, 0.29) is 0 Å². The Labute approximate surface area is 73.0 Å². The van der Waals surface area contributed by atoms with E-state index >= 15 is 0 Å². The Kier molecular flexibility index (Phi) is 1.69. The van der Waals surface area contributed by atoms with Crippen molar-refractivity contribution in [3.8, 4) is 0 Å². The summed E-state index contributed by atoms with van der Waals surface area (Å²) in [5, 5.41) is 9.82. The van der Waals surface area contributed by atoms with Gasteiger partial charge >= 0.3 is 0 Å². The molecule has 0 fully saturated rings. The minimum Gasteiger partial charge on any atom is -0.390 e. The Balaban J connectivity index is 2.35. The number of hydrogen-bond acceptors (Lipinski definition) is 1. The summed E-state index contributed by atoms with van der Waals surface area (Å²) in [6, 6.07) is 8.38. The van der Waals surface area contributed by atoms with Crippen LogP contribution in [0.5, 0.6) is 0 Å². The molecular weight excluding hydrogens is 148 g/mol. The fraction of sp³-hybridized carbons (Fsp3) is 0.455. The number of benzene rings is 1. The van der Waals surface area contributed by atoms with Crippen molar-refractivity contribution in [1.82, 2.24) is 0 Å². The Bertz CT molecular complexity index is 289. The standard InChI is InChI=1S/C11H14O/c1-11(12)7-6-9-4-2-3-5-10(9)8-11/h2-5,12H,6-8H2,1H3. The number of hydrogen-bond donors (Lipinski definition) is 1. The van der Waals surface area contributed by atoms with Gasteiger partial charge in [-0.1, -0.05) is 24.3 Å². The summed E-state index contributed by atoms with van der Waals surface area (Å²) >= 11 is 0. The first-order valence-electron chi connectivity index (χ1n) is 4.47. The minimum absolute atomic E-state index is 0.478. The maximum Gasteiger partial charge on any atom is 0.0663 e. The number of rotatable bonds is 0. The van der Waals surface area contributed by atoms with Crippen molar-refractivity contribution < 1.29 is 5.11 Å². The molecule has 1 heteroatoms. The van der Waals surface area contributed by atoms with Gasteiger partial charge in [0, 0.05) is 6.42 Å². The van der Waals surface area contributed by atoms with E-state index in [4.69, 9.17) is 0 Å². The highest BCUT2D eigenvalue weighted by molar-refractivity contribution is 5.31. The van der Waals surface area contributed by atoms with Crippen LogP contribution in [-0.4, -0.2) is 10.7 Å². The van der Waals surface area contributed by atoms with Gasteiger partial charge in [-0.25, -0.2) is 0 Å². The predicted molar refractivity (Wildman–Crippen MR) is 49.1 cm³/mol. The number of aliphatic hydroxyl groups is 1. The predicted octanol–water partition coefficient (Wildman–Crippen LogP) is 1.93. The summed E-state index contributed by atoms with van der Waals surface area (Å²) in [5.74, 6) is 0. The van der Waals surface area contributed by atoms with Crippen molar-refractivity contribution in [2.45, 2.75) is 31.8 Å². The van der Waals surface area contributed by atoms with E-state index in [1.807, 2.05) is 13.0 Å². The molecule has 1 aliphatic rings. The molecule has 1 aromatic carbocycles. The smallest absolute Gasteiger partial charge is 0.0663 e. The van der Waals surface area contributed by atoms with Gasteiger partial charge in [-0.2, -0.15) is 0 Å². The van der Waals surface area contributed by atoms with Crippen molar-refractivity contribution in [3.63, 3.8) is 0 Å². The maximum atomic E-state index is 9.82.